The van der Waals surface area contributed by atoms with E-state index < -0.39 is 11.8 Å². The van der Waals surface area contributed by atoms with Crippen LogP contribution in [0.3, 0.4) is 0 Å². The van der Waals surface area contributed by atoms with Crippen molar-refractivity contribution in [1.82, 2.24) is 14.7 Å². The number of methoxy groups -OCH3 is 2. The molecule has 0 aliphatic rings. The van der Waals surface area contributed by atoms with Gasteiger partial charge in [0.1, 0.15) is 11.5 Å². The molecule has 1 heterocycles. The van der Waals surface area contributed by atoms with E-state index in [0.717, 1.165) is 16.6 Å². The van der Waals surface area contributed by atoms with Gasteiger partial charge in [-0.15, -0.1) is 0 Å². The van der Waals surface area contributed by atoms with Crippen molar-refractivity contribution < 1.29 is 24.2 Å². The molecule has 0 bridgehead atoms. The number of hydrogen-bond acceptors (Lipinski definition) is 6. The minimum atomic E-state index is -0.803. The van der Waals surface area contributed by atoms with Crippen molar-refractivity contribution in [3.8, 4) is 17.2 Å². The minimum absolute atomic E-state index is 0.00719. The molecule has 0 atom stereocenters. The first-order valence-electron chi connectivity index (χ1n) is 11.0. The van der Waals surface area contributed by atoms with Crippen LogP contribution in [0.5, 0.6) is 11.5 Å². The molecule has 0 aliphatic carbocycles. The lowest BCUT2D eigenvalue weighted by molar-refractivity contribution is -0.143. The average molecular weight is 475 g/mol. The molecule has 3 aromatic carbocycles. The van der Waals surface area contributed by atoms with Gasteiger partial charge in [-0.05, 0) is 42.5 Å². The van der Waals surface area contributed by atoms with Crippen molar-refractivity contribution in [3.05, 3.63) is 78.5 Å². The monoisotopic (exact) mass is 474 g/mol. The second-order valence-corrected chi connectivity index (χ2v) is 7.74. The Bertz CT molecular complexity index is 1330. The second-order valence-electron chi connectivity index (χ2n) is 7.74. The number of aliphatic hydroxyl groups excluding tert-OH is 1. The van der Waals surface area contributed by atoms with Crippen LogP contribution in [0.4, 0.5) is 5.69 Å². The number of carbonyl (C=O) groups excluding carboxylic acids is 2. The summed E-state index contributed by atoms with van der Waals surface area (Å²) in [5.41, 5.74) is 2.94. The van der Waals surface area contributed by atoms with Gasteiger partial charge in [0.15, 0.2) is 0 Å². The molecule has 2 amide bonds. The topological polar surface area (TPSA) is 106 Å². The first-order valence-corrected chi connectivity index (χ1v) is 11.0. The number of anilines is 1. The summed E-state index contributed by atoms with van der Waals surface area (Å²) in [5, 5.41) is 17.5. The fourth-order valence-electron chi connectivity index (χ4n) is 3.75. The molecule has 1 aromatic heterocycles. The molecule has 180 valence electrons. The van der Waals surface area contributed by atoms with Gasteiger partial charge >= 0.3 is 11.8 Å². The first-order chi connectivity index (χ1) is 17.0. The van der Waals surface area contributed by atoms with E-state index in [1.54, 1.807) is 48.3 Å². The predicted octanol–water partition coefficient (Wildman–Crippen LogP) is 3.00. The third-order valence-corrected chi connectivity index (χ3v) is 5.55. The van der Waals surface area contributed by atoms with Crippen molar-refractivity contribution in [2.75, 3.05) is 32.7 Å². The molecule has 0 spiro atoms. The molecular formula is C26H26N4O5. The normalized spacial score (nSPS) is 10.7. The number of aromatic nitrogens is 2. The van der Waals surface area contributed by atoms with Crippen LogP contribution >= 0.6 is 0 Å². The van der Waals surface area contributed by atoms with E-state index in [1.165, 1.54) is 12.0 Å². The van der Waals surface area contributed by atoms with Crippen molar-refractivity contribution >= 4 is 28.4 Å². The van der Waals surface area contributed by atoms with Crippen LogP contribution in [-0.4, -0.2) is 59.0 Å². The zero-order valence-electron chi connectivity index (χ0n) is 19.5. The van der Waals surface area contributed by atoms with Gasteiger partial charge in [-0.2, -0.15) is 5.10 Å². The number of fused-ring (bicyclic) bond motifs is 1. The number of ether oxygens (including phenoxy) is 2. The van der Waals surface area contributed by atoms with Gasteiger partial charge < -0.3 is 24.8 Å². The van der Waals surface area contributed by atoms with Crippen molar-refractivity contribution in [1.29, 1.82) is 0 Å². The molecular weight excluding hydrogens is 448 g/mol. The molecule has 0 fully saturated rings. The van der Waals surface area contributed by atoms with Gasteiger partial charge in [0.05, 0.1) is 38.2 Å². The second kappa shape index (κ2) is 10.7. The third kappa shape index (κ3) is 5.25. The quantitative estimate of drug-likeness (QED) is 0.381. The van der Waals surface area contributed by atoms with Crippen molar-refractivity contribution in [2.24, 2.45) is 0 Å². The van der Waals surface area contributed by atoms with E-state index in [-0.39, 0.29) is 19.7 Å². The number of benzene rings is 3. The lowest BCUT2D eigenvalue weighted by Gasteiger charge is -2.22. The van der Waals surface area contributed by atoms with Crippen LogP contribution in [0, 0.1) is 0 Å². The molecule has 9 heteroatoms. The van der Waals surface area contributed by atoms with Gasteiger partial charge in [0.25, 0.3) is 0 Å². The Kier molecular flexibility index (Phi) is 7.27. The Labute approximate surface area is 202 Å². The van der Waals surface area contributed by atoms with Crippen LogP contribution in [-0.2, 0) is 16.1 Å². The summed E-state index contributed by atoms with van der Waals surface area (Å²) in [6.07, 6.45) is 1.79. The lowest BCUT2D eigenvalue weighted by Crippen LogP contribution is -2.40. The number of hydrogen-bond donors (Lipinski definition) is 2. The first kappa shape index (κ1) is 23.8. The fraction of sp³-hybridized carbons (Fsp3) is 0.192. The Morgan fingerprint density at radius 2 is 1.80 bits per heavy atom. The van der Waals surface area contributed by atoms with Gasteiger partial charge in [0.2, 0.25) is 0 Å². The van der Waals surface area contributed by atoms with Gasteiger partial charge in [-0.1, -0.05) is 18.2 Å². The summed E-state index contributed by atoms with van der Waals surface area (Å²) in [6.45, 7) is -0.206. The number of carbonyl (C=O) groups is 2. The third-order valence-electron chi connectivity index (χ3n) is 5.55. The molecule has 2 N–H and O–H groups in total. The number of nitrogens with one attached hydrogen (secondary N) is 1. The molecule has 0 aliphatic heterocycles. The predicted molar refractivity (Wildman–Crippen MR) is 132 cm³/mol. The van der Waals surface area contributed by atoms with E-state index in [2.05, 4.69) is 10.4 Å². The van der Waals surface area contributed by atoms with Gasteiger partial charge in [-0.3, -0.25) is 9.59 Å². The standard InChI is InChI=1S/C26H26N4O5/c1-34-22-12-7-19(24(15-22)35-2)17-29(13-14-31)26(33)25(32)28-20-8-10-21(11-9-20)30-23-6-4-3-5-18(23)16-27-30/h3-12,15-16,31H,13-14,17H2,1-2H3,(H,28,32). The van der Waals surface area contributed by atoms with E-state index in [0.29, 0.717) is 22.7 Å². The number of rotatable bonds is 8. The van der Waals surface area contributed by atoms with Crippen LogP contribution in [0.2, 0.25) is 0 Å². The summed E-state index contributed by atoms with van der Waals surface area (Å²) in [5.74, 6) is -0.445. The Hall–Kier alpha value is -4.37. The highest BCUT2D eigenvalue weighted by atomic mass is 16.5. The van der Waals surface area contributed by atoms with E-state index in [1.807, 2.05) is 36.4 Å². The Morgan fingerprint density at radius 1 is 1.03 bits per heavy atom. The van der Waals surface area contributed by atoms with Crippen LogP contribution in [0.1, 0.15) is 5.56 Å². The smallest absolute Gasteiger partial charge is 0.313 e. The fourth-order valence-corrected chi connectivity index (χ4v) is 3.75. The summed E-state index contributed by atoms with van der Waals surface area (Å²) in [4.78, 5) is 26.9. The number of aliphatic hydroxyl groups is 1. The molecule has 4 rings (SSSR count). The minimum Gasteiger partial charge on any atom is -0.497 e. The molecule has 0 unspecified atom stereocenters. The number of nitrogens with zero attached hydrogens (tertiary/aromatic N) is 3. The maximum Gasteiger partial charge on any atom is 0.313 e. The molecule has 0 saturated heterocycles. The highest BCUT2D eigenvalue weighted by Gasteiger charge is 2.23. The van der Waals surface area contributed by atoms with Crippen LogP contribution in [0.15, 0.2) is 72.9 Å². The zero-order valence-corrected chi connectivity index (χ0v) is 19.5. The van der Waals surface area contributed by atoms with Crippen molar-refractivity contribution in [2.45, 2.75) is 6.54 Å². The maximum atomic E-state index is 12.9. The summed E-state index contributed by atoms with van der Waals surface area (Å²) < 4.78 is 12.4. The highest BCUT2D eigenvalue weighted by molar-refractivity contribution is 6.39. The van der Waals surface area contributed by atoms with E-state index in [4.69, 9.17) is 9.47 Å². The zero-order chi connectivity index (χ0) is 24.8. The number of para-hydroxylation sites is 1. The highest BCUT2D eigenvalue weighted by Crippen LogP contribution is 2.26. The van der Waals surface area contributed by atoms with Crippen molar-refractivity contribution in [3.63, 3.8) is 0 Å². The van der Waals surface area contributed by atoms with E-state index in [9.17, 15) is 14.7 Å². The van der Waals surface area contributed by atoms with Gasteiger partial charge in [0, 0.05) is 35.8 Å². The maximum absolute atomic E-state index is 12.9. The number of amides is 2. The summed E-state index contributed by atoms with van der Waals surface area (Å²) in [7, 11) is 3.06. The summed E-state index contributed by atoms with van der Waals surface area (Å²) >= 11 is 0. The van der Waals surface area contributed by atoms with Crippen LogP contribution in [0.25, 0.3) is 16.6 Å². The molecule has 9 nitrogen and oxygen atoms in total. The molecule has 35 heavy (non-hydrogen) atoms. The van der Waals surface area contributed by atoms with E-state index >= 15 is 0 Å². The largest absolute Gasteiger partial charge is 0.497 e. The summed E-state index contributed by atoms with van der Waals surface area (Å²) in [6, 6.07) is 20.1. The van der Waals surface area contributed by atoms with Gasteiger partial charge in [-0.25, -0.2) is 4.68 Å². The molecule has 0 radical (unpaired) electrons. The Morgan fingerprint density at radius 3 is 2.51 bits per heavy atom. The molecule has 0 saturated carbocycles. The van der Waals surface area contributed by atoms with Crippen LogP contribution < -0.4 is 14.8 Å². The Balaban J connectivity index is 1.46. The molecule has 4 aromatic rings. The lowest BCUT2D eigenvalue weighted by atomic mass is 10.1. The SMILES string of the molecule is COc1ccc(CN(CCO)C(=O)C(=O)Nc2ccc(-n3ncc4ccccc43)cc2)c(OC)c1. The average Bonchev–Trinajstić information content (AvgIpc) is 3.32.